The van der Waals surface area contributed by atoms with Crippen LogP contribution in [0.25, 0.3) is 0 Å². The van der Waals surface area contributed by atoms with Crippen molar-refractivity contribution in [3.8, 4) is 0 Å². The van der Waals surface area contributed by atoms with Crippen molar-refractivity contribution < 1.29 is 12.6 Å². The first-order valence-corrected chi connectivity index (χ1v) is 7.24. The zero-order valence-corrected chi connectivity index (χ0v) is 9.43. The normalized spacial score (nSPS) is 10.8. The van der Waals surface area contributed by atoms with Crippen molar-refractivity contribution in [1.29, 1.82) is 0 Å². The van der Waals surface area contributed by atoms with Crippen molar-refractivity contribution in [1.82, 2.24) is 3.97 Å². The molecule has 0 aliphatic rings. The van der Waals surface area contributed by atoms with E-state index >= 15 is 0 Å². The smallest absolute Gasteiger partial charge is 0.235 e. The number of hydrogen-bond acceptors (Lipinski definition) is 3. The van der Waals surface area contributed by atoms with Gasteiger partial charge in [-0.3, -0.25) is 8.18 Å². The summed E-state index contributed by atoms with van der Waals surface area (Å²) in [7, 11) is -3.65. The predicted molar refractivity (Wildman–Crippen MR) is 54.7 cm³/mol. The van der Waals surface area contributed by atoms with Gasteiger partial charge in [-0.15, -0.1) is 0 Å². The summed E-state index contributed by atoms with van der Waals surface area (Å²) in [6.07, 6.45) is 7.43. The third kappa shape index (κ3) is 6.53. The molecule has 0 aliphatic carbocycles. The monoisotopic (exact) mass is 223 g/mol. The highest BCUT2D eigenvalue weighted by Gasteiger charge is 1.99. The maximum absolute atomic E-state index is 10.7. The fourth-order valence-corrected chi connectivity index (χ4v) is 1.12. The summed E-state index contributed by atoms with van der Waals surface area (Å²) in [6, 6.07) is 3.34. The molecule has 6 heteroatoms. The average molecular weight is 223 g/mol. The molecule has 0 bridgehead atoms. The molecule has 0 aliphatic heterocycles. The fraction of sp³-hybridized carbons (Fsp3) is 0.429. The van der Waals surface area contributed by atoms with Crippen LogP contribution in [0, 0.1) is 0 Å². The van der Waals surface area contributed by atoms with Gasteiger partial charge in [-0.05, 0) is 12.1 Å². The third-order valence-electron chi connectivity index (χ3n) is 0.960. The van der Waals surface area contributed by atoms with Crippen LogP contribution in [0.4, 0.5) is 0 Å². The topological polar surface area (TPSA) is 56.1 Å². The lowest BCUT2D eigenvalue weighted by Gasteiger charge is -1.94. The molecule has 0 radical (unpaired) electrons. The predicted octanol–water partition coefficient (Wildman–Crippen LogP) is 0.290. The Kier molecular flexibility index (Phi) is 4.94. The molecule has 13 heavy (non-hydrogen) atoms. The van der Waals surface area contributed by atoms with Crippen molar-refractivity contribution in [2.24, 2.45) is 0 Å². The Hall–Kier alpha value is -0.620. The minimum atomic E-state index is -3.04. The van der Waals surface area contributed by atoms with Crippen LogP contribution in [0.1, 0.15) is 0 Å². The molecule has 4 nitrogen and oxygen atoms in total. The largest absolute Gasteiger partial charge is 0.260 e. The summed E-state index contributed by atoms with van der Waals surface area (Å²) in [6.45, 7) is 0. The molecule has 0 aromatic carbocycles. The Morgan fingerprint density at radius 2 is 1.46 bits per heavy atom. The first kappa shape index (κ1) is 12.4. The van der Waals surface area contributed by atoms with E-state index in [1.165, 1.54) is 12.4 Å². The molecule has 1 rings (SSSR count). The molecule has 0 atom stereocenters. The van der Waals surface area contributed by atoms with Gasteiger partial charge in [0.2, 0.25) is 10.0 Å². The Bertz CT molecular complexity index is 349. The molecule has 0 saturated heterocycles. The van der Waals surface area contributed by atoms with Gasteiger partial charge in [0.25, 0.3) is 0 Å². The Balaban J connectivity index is 0.000000310. The van der Waals surface area contributed by atoms with E-state index in [1.54, 1.807) is 24.6 Å². The highest BCUT2D eigenvalue weighted by molar-refractivity contribution is 7.89. The van der Waals surface area contributed by atoms with E-state index in [4.69, 9.17) is 0 Å². The molecular weight excluding hydrogens is 210 g/mol. The first-order chi connectivity index (χ1) is 5.84. The minimum Gasteiger partial charge on any atom is -0.260 e. The van der Waals surface area contributed by atoms with Gasteiger partial charge in [0.05, 0.1) is 6.26 Å². The van der Waals surface area contributed by atoms with Crippen LogP contribution in [0.15, 0.2) is 24.5 Å². The lowest BCUT2D eigenvalue weighted by Crippen LogP contribution is -2.06. The second kappa shape index (κ2) is 5.18. The molecule has 76 valence electrons. The highest BCUT2D eigenvalue weighted by atomic mass is 32.2. The molecule has 0 amide bonds. The molecule has 1 aromatic heterocycles. The van der Waals surface area contributed by atoms with Gasteiger partial charge in [-0.25, -0.2) is 8.42 Å². The lowest BCUT2D eigenvalue weighted by atomic mass is 10.7. The van der Waals surface area contributed by atoms with Crippen molar-refractivity contribution in [2.45, 2.75) is 0 Å². The van der Waals surface area contributed by atoms with Crippen molar-refractivity contribution in [3.05, 3.63) is 24.5 Å². The maximum atomic E-state index is 10.7. The number of rotatable bonds is 1. The van der Waals surface area contributed by atoms with E-state index in [1.807, 2.05) is 0 Å². The van der Waals surface area contributed by atoms with Gasteiger partial charge >= 0.3 is 0 Å². The van der Waals surface area contributed by atoms with E-state index in [9.17, 15) is 12.6 Å². The number of hydrogen-bond donors (Lipinski definition) is 0. The molecule has 1 aromatic rings. The van der Waals surface area contributed by atoms with Crippen LogP contribution < -0.4 is 0 Å². The van der Waals surface area contributed by atoms with Gasteiger partial charge in [0.1, 0.15) is 0 Å². The fourth-order valence-electron chi connectivity index (χ4n) is 0.540. The molecule has 0 fully saturated rings. The van der Waals surface area contributed by atoms with Gasteiger partial charge in [0.15, 0.2) is 0 Å². The minimum absolute atomic E-state index is 0.611. The Morgan fingerprint density at radius 1 is 1.15 bits per heavy atom. The van der Waals surface area contributed by atoms with E-state index < -0.39 is 20.8 Å². The quantitative estimate of drug-likeness (QED) is 0.687. The summed E-state index contributed by atoms with van der Waals surface area (Å²) in [5.41, 5.74) is 0. The van der Waals surface area contributed by atoms with E-state index in [2.05, 4.69) is 0 Å². The van der Waals surface area contributed by atoms with Gasteiger partial charge in [-0.2, -0.15) is 0 Å². The molecule has 0 unspecified atom stereocenters. The van der Waals surface area contributed by atoms with E-state index in [0.717, 1.165) is 10.2 Å². The van der Waals surface area contributed by atoms with Gasteiger partial charge in [-0.1, -0.05) is 0 Å². The van der Waals surface area contributed by atoms with Crippen LogP contribution >= 0.6 is 0 Å². The molecule has 1 heterocycles. The SMILES string of the molecule is CS(=O)(=O)n1cccc1.CS(C)=O. The van der Waals surface area contributed by atoms with Crippen LogP contribution in [0.3, 0.4) is 0 Å². The lowest BCUT2D eigenvalue weighted by molar-refractivity contribution is 0.593. The summed E-state index contributed by atoms with van der Waals surface area (Å²) in [4.78, 5) is 0. The second-order valence-electron chi connectivity index (χ2n) is 2.52. The Labute approximate surface area is 81.1 Å². The summed E-state index contributed by atoms with van der Waals surface area (Å²) in [5, 5.41) is 0. The third-order valence-corrected chi connectivity index (χ3v) is 1.97. The second-order valence-corrected chi connectivity index (χ2v) is 5.89. The summed E-state index contributed by atoms with van der Waals surface area (Å²) < 4.78 is 32.0. The van der Waals surface area contributed by atoms with E-state index in [0.29, 0.717) is 0 Å². The zero-order valence-electron chi connectivity index (χ0n) is 7.80. The van der Waals surface area contributed by atoms with Gasteiger partial charge < -0.3 is 0 Å². The summed E-state index contributed by atoms with van der Waals surface area (Å²) in [5.74, 6) is 0. The molecular formula is C7H13NO3S2. The van der Waals surface area contributed by atoms with Gasteiger partial charge in [0, 0.05) is 35.7 Å². The highest BCUT2D eigenvalue weighted by Crippen LogP contribution is 1.93. The zero-order chi connectivity index (χ0) is 10.5. The molecule has 0 spiro atoms. The Morgan fingerprint density at radius 3 is 1.62 bits per heavy atom. The number of aromatic nitrogens is 1. The van der Waals surface area contributed by atoms with Crippen LogP contribution in [-0.4, -0.2) is 35.4 Å². The molecule has 0 N–H and O–H groups in total. The summed E-state index contributed by atoms with van der Waals surface area (Å²) >= 11 is 0. The first-order valence-electron chi connectivity index (χ1n) is 3.42. The standard InChI is InChI=1S/C5H7NO2S.C2H6OS/c1-9(7,8)6-4-2-3-5-6;1-4(2)3/h2-5H,1H3;1-2H3. The van der Waals surface area contributed by atoms with Crippen molar-refractivity contribution >= 4 is 20.8 Å². The number of nitrogens with zero attached hydrogens (tertiary/aromatic N) is 1. The average Bonchev–Trinajstić information content (AvgIpc) is 2.31. The van der Waals surface area contributed by atoms with Crippen molar-refractivity contribution in [3.63, 3.8) is 0 Å². The van der Waals surface area contributed by atoms with Crippen molar-refractivity contribution in [2.75, 3.05) is 18.8 Å². The van der Waals surface area contributed by atoms with Crippen LogP contribution in [0.5, 0.6) is 0 Å². The maximum Gasteiger partial charge on any atom is 0.235 e. The van der Waals surface area contributed by atoms with Crippen LogP contribution in [-0.2, 0) is 20.8 Å². The van der Waals surface area contributed by atoms with Crippen LogP contribution in [0.2, 0.25) is 0 Å². The van der Waals surface area contributed by atoms with E-state index in [-0.39, 0.29) is 0 Å². The molecule has 0 saturated carbocycles.